The van der Waals surface area contributed by atoms with Crippen LogP contribution in [0, 0.1) is 0 Å². The maximum absolute atomic E-state index is 12.9. The predicted molar refractivity (Wildman–Crippen MR) is 203 cm³/mol. The van der Waals surface area contributed by atoms with Crippen molar-refractivity contribution in [2.45, 2.75) is 89.0 Å². The molecule has 270 valence electrons. The number of aliphatic imine (C=N–C) groups is 1. The Morgan fingerprint density at radius 2 is 1.27 bits per heavy atom. The summed E-state index contributed by atoms with van der Waals surface area (Å²) in [5.41, 5.74) is 10.6. The molecule has 0 aliphatic carbocycles. The second kappa shape index (κ2) is 29.8. The fourth-order valence-electron chi connectivity index (χ4n) is 3.77. The number of carbonyl (C=O) groups excluding carboxylic acids is 3. The average Bonchev–Trinajstić information content (AvgIpc) is 3.05. The number of nitrogens with two attached hydrogens (primary N) is 2. The molecular weight excluding hydrogens is 649 g/mol. The third kappa shape index (κ3) is 25.8. The molecule has 0 aliphatic rings. The molecule has 13 heteroatoms. The van der Waals surface area contributed by atoms with Crippen molar-refractivity contribution >= 4 is 45.3 Å². The van der Waals surface area contributed by atoms with E-state index >= 15 is 0 Å². The molecule has 0 spiro atoms. The van der Waals surface area contributed by atoms with Crippen molar-refractivity contribution in [1.82, 2.24) is 16.0 Å². The van der Waals surface area contributed by atoms with Gasteiger partial charge in [-0.05, 0) is 58.8 Å². The minimum absolute atomic E-state index is 0.0392. The summed E-state index contributed by atoms with van der Waals surface area (Å²) >= 11 is 0. The van der Waals surface area contributed by atoms with Gasteiger partial charge in [0.1, 0.15) is 12.6 Å². The number of aliphatic hydroxyl groups is 2. The van der Waals surface area contributed by atoms with Crippen LogP contribution in [-0.4, -0.2) is 82.8 Å². The lowest BCUT2D eigenvalue weighted by molar-refractivity contribution is -0.129. The van der Waals surface area contributed by atoms with E-state index in [1.807, 2.05) is 6.08 Å². The first-order valence-electron chi connectivity index (χ1n) is 16.4. The highest BCUT2D eigenvalue weighted by molar-refractivity contribution is 8.77. The van der Waals surface area contributed by atoms with Gasteiger partial charge in [-0.15, -0.1) is 0 Å². The number of hydrogen-bond donors (Lipinski definition) is 7. The molecule has 48 heavy (non-hydrogen) atoms. The normalized spacial score (nSPS) is 13.1. The first-order valence-corrected chi connectivity index (χ1v) is 18.7. The molecule has 1 atom stereocenters. The van der Waals surface area contributed by atoms with Crippen molar-refractivity contribution in [3.05, 3.63) is 72.9 Å². The number of aliphatic hydroxyl groups excluding tert-OH is 2. The van der Waals surface area contributed by atoms with Crippen LogP contribution in [-0.2, 0) is 14.4 Å². The van der Waals surface area contributed by atoms with Crippen molar-refractivity contribution in [1.29, 1.82) is 0 Å². The zero-order chi connectivity index (χ0) is 35.9. The van der Waals surface area contributed by atoms with Crippen LogP contribution in [0.25, 0.3) is 0 Å². The molecule has 0 fully saturated rings. The molecule has 11 nitrogen and oxygen atoms in total. The molecule has 0 saturated heterocycles. The van der Waals surface area contributed by atoms with Crippen LogP contribution in [0.4, 0.5) is 0 Å². The Morgan fingerprint density at radius 3 is 1.75 bits per heavy atom. The zero-order valence-corrected chi connectivity index (χ0v) is 30.4. The third-order valence-electron chi connectivity index (χ3n) is 6.37. The number of carbonyl (C=O) groups is 3. The fourth-order valence-corrected chi connectivity index (χ4v) is 6.31. The monoisotopic (exact) mass is 706 g/mol. The summed E-state index contributed by atoms with van der Waals surface area (Å²) in [5.74, 6) is -0.850. The Labute approximate surface area is 295 Å². The Bertz CT molecular complexity index is 1110. The molecule has 0 rings (SSSR count). The van der Waals surface area contributed by atoms with Gasteiger partial charge in [-0.25, -0.2) is 4.99 Å². The number of amides is 3. The molecule has 0 heterocycles. The van der Waals surface area contributed by atoms with E-state index in [0.29, 0.717) is 25.1 Å². The first kappa shape index (κ1) is 44.7. The van der Waals surface area contributed by atoms with E-state index in [-0.39, 0.29) is 18.4 Å². The molecule has 0 aromatic heterocycles. The summed E-state index contributed by atoms with van der Waals surface area (Å²) in [6.07, 6.45) is 32.6. The van der Waals surface area contributed by atoms with Gasteiger partial charge >= 0.3 is 0 Å². The number of hydrogen-bond acceptors (Lipinski definition) is 8. The fraction of sp³-hybridized carbons (Fsp3) is 0.543. The van der Waals surface area contributed by atoms with E-state index in [0.717, 1.165) is 38.5 Å². The summed E-state index contributed by atoms with van der Waals surface area (Å²) in [6.45, 7) is 4.88. The summed E-state index contributed by atoms with van der Waals surface area (Å²) < 4.78 is -0.808. The Balaban J connectivity index is 4.32. The van der Waals surface area contributed by atoms with E-state index in [2.05, 4.69) is 94.7 Å². The van der Waals surface area contributed by atoms with Crippen LogP contribution in [0.1, 0.15) is 72.1 Å². The lowest BCUT2D eigenvalue weighted by atomic mass is 10.0. The molecule has 0 aromatic carbocycles. The van der Waals surface area contributed by atoms with Crippen LogP contribution in [0.15, 0.2) is 77.9 Å². The number of allylic oxidation sites excluding steroid dienone is 12. The number of nitrogens with one attached hydrogen (secondary N) is 3. The van der Waals surface area contributed by atoms with Gasteiger partial charge < -0.3 is 37.6 Å². The van der Waals surface area contributed by atoms with Gasteiger partial charge in [-0.2, -0.15) is 0 Å². The maximum atomic E-state index is 12.9. The van der Waals surface area contributed by atoms with Gasteiger partial charge in [-0.1, -0.05) is 101 Å². The highest BCUT2D eigenvalue weighted by atomic mass is 33.1. The summed E-state index contributed by atoms with van der Waals surface area (Å²) in [4.78, 5) is 41.2. The van der Waals surface area contributed by atoms with Gasteiger partial charge in [0.25, 0.3) is 0 Å². The first-order chi connectivity index (χ1) is 23.1. The van der Waals surface area contributed by atoms with Crippen LogP contribution in [0.2, 0.25) is 0 Å². The van der Waals surface area contributed by atoms with Crippen molar-refractivity contribution < 1.29 is 24.6 Å². The molecule has 0 aliphatic heterocycles. The highest BCUT2D eigenvalue weighted by Gasteiger charge is 2.38. The smallest absolute Gasteiger partial charge is 0.244 e. The van der Waals surface area contributed by atoms with Gasteiger partial charge in [-0.3, -0.25) is 14.4 Å². The molecule has 1 unspecified atom stereocenters. The van der Waals surface area contributed by atoms with Crippen LogP contribution in [0.3, 0.4) is 0 Å². The lowest BCUT2D eigenvalue weighted by Gasteiger charge is -2.33. The molecule has 0 aromatic rings. The van der Waals surface area contributed by atoms with Gasteiger partial charge in [0.05, 0.1) is 19.3 Å². The van der Waals surface area contributed by atoms with E-state index in [4.69, 9.17) is 11.5 Å². The van der Waals surface area contributed by atoms with Gasteiger partial charge in [0.2, 0.25) is 17.7 Å². The van der Waals surface area contributed by atoms with Gasteiger partial charge in [0, 0.05) is 23.5 Å². The summed E-state index contributed by atoms with van der Waals surface area (Å²) in [7, 11) is 2.81. The Morgan fingerprint density at radius 1 is 0.771 bits per heavy atom. The Kier molecular flexibility index (Phi) is 27.8. The lowest BCUT2D eigenvalue weighted by Crippen LogP contribution is -2.59. The third-order valence-corrected chi connectivity index (χ3v) is 9.67. The minimum Gasteiger partial charge on any atom is -0.394 e. The quantitative estimate of drug-likeness (QED) is 0.0218. The maximum Gasteiger partial charge on any atom is 0.244 e. The summed E-state index contributed by atoms with van der Waals surface area (Å²) in [5, 5.41) is 26.8. The summed E-state index contributed by atoms with van der Waals surface area (Å²) in [6, 6.07) is -1.89. The van der Waals surface area contributed by atoms with Crippen molar-refractivity contribution in [2.75, 3.05) is 32.1 Å². The van der Waals surface area contributed by atoms with Crippen molar-refractivity contribution in [2.24, 2.45) is 16.5 Å². The van der Waals surface area contributed by atoms with Gasteiger partial charge in [0.15, 0.2) is 5.96 Å². The van der Waals surface area contributed by atoms with E-state index in [1.54, 1.807) is 13.8 Å². The standard InChI is InChI=1S/C35H58N6O5S2/c1-4-5-6-7-8-9-10-11-12-13-14-15-16-17-18-19-20-21-22-23-30(44)38-24-25-47-48-35(2,3)32(33(46)40-29(27-42)28-43)41-31(45)26-39-34(36)37/h5-6,8-9,11-12,14-15,17-18,20-21,29,32,42-43H,4,7,10,13,16,19,22-28H2,1-3H3,(H,38,44)(H,40,46)(H,41,45)(H4,36,37,39)/b6-5-,9-8-,12-11-,15-14-,18-17-,21-20-. The van der Waals surface area contributed by atoms with Crippen molar-refractivity contribution in [3.63, 3.8) is 0 Å². The molecule has 0 bridgehead atoms. The number of nitrogens with zero attached hydrogens (tertiary/aromatic N) is 1. The average molecular weight is 707 g/mol. The molecule has 9 N–H and O–H groups in total. The van der Waals surface area contributed by atoms with Crippen LogP contribution in [0.5, 0.6) is 0 Å². The largest absolute Gasteiger partial charge is 0.394 e. The SMILES string of the molecule is CC/C=C\C/C=C\C/C=C\C/C=C\C/C=C\C/C=C\CCC(=O)NCCSSC(C)(C)C(NC(=O)CN=C(N)N)C(=O)NC(CO)CO. The molecule has 3 amide bonds. The highest BCUT2D eigenvalue weighted by Crippen LogP contribution is 2.38. The second-order valence-electron chi connectivity index (χ2n) is 11.1. The molecule has 0 radical (unpaired) electrons. The van der Waals surface area contributed by atoms with E-state index in [1.165, 1.54) is 21.6 Å². The topological polar surface area (TPSA) is 192 Å². The van der Waals surface area contributed by atoms with Crippen LogP contribution >= 0.6 is 21.6 Å². The van der Waals surface area contributed by atoms with E-state index in [9.17, 15) is 24.6 Å². The number of guanidine groups is 1. The minimum atomic E-state index is -1.02. The second-order valence-corrected chi connectivity index (χ2v) is 14.2. The van der Waals surface area contributed by atoms with Crippen LogP contribution < -0.4 is 27.4 Å². The zero-order valence-electron chi connectivity index (χ0n) is 28.8. The number of rotatable bonds is 27. The molecule has 0 saturated carbocycles. The van der Waals surface area contributed by atoms with Crippen molar-refractivity contribution in [3.8, 4) is 0 Å². The molecular formula is C35H58N6O5S2. The Hall–Kier alpha value is -3.26. The predicted octanol–water partition coefficient (Wildman–Crippen LogP) is 3.97. The van der Waals surface area contributed by atoms with E-state index < -0.39 is 41.9 Å².